The Kier molecular flexibility index (Phi) is 10.6. The van der Waals surface area contributed by atoms with Gasteiger partial charge < -0.3 is 10.1 Å². The van der Waals surface area contributed by atoms with Crippen molar-refractivity contribution in [3.8, 4) is 5.75 Å². The molecule has 1 N–H and O–H groups in total. The molecule has 0 bridgehead atoms. The lowest BCUT2D eigenvalue weighted by atomic mass is 10.0. The van der Waals surface area contributed by atoms with Gasteiger partial charge >= 0.3 is 0 Å². The number of benzene rings is 1. The van der Waals surface area contributed by atoms with Crippen LogP contribution in [0.2, 0.25) is 0 Å². The van der Waals surface area contributed by atoms with E-state index in [1.807, 2.05) is 12.1 Å². The van der Waals surface area contributed by atoms with Gasteiger partial charge in [-0.05, 0) is 37.1 Å². The quantitative estimate of drug-likeness (QED) is 0.425. The average Bonchev–Trinajstić information content (AvgIpc) is 2.55. The maximum absolute atomic E-state index is 5.23. The van der Waals surface area contributed by atoms with Gasteiger partial charge in [0.15, 0.2) is 0 Å². The van der Waals surface area contributed by atoms with E-state index in [0.717, 1.165) is 5.75 Å². The van der Waals surface area contributed by atoms with Crippen molar-refractivity contribution < 1.29 is 4.74 Å². The van der Waals surface area contributed by atoms with Gasteiger partial charge in [0.2, 0.25) is 0 Å². The Bertz CT molecular complexity index is 360. The number of hydrogen-bond acceptors (Lipinski definition) is 2. The second-order valence-corrected chi connectivity index (χ2v) is 6.27. The number of nitrogens with one attached hydrogen (secondary N) is 1. The van der Waals surface area contributed by atoms with Crippen LogP contribution in [0.1, 0.15) is 78.1 Å². The Balaban J connectivity index is 2.41. The molecule has 22 heavy (non-hydrogen) atoms. The highest BCUT2D eigenvalue weighted by molar-refractivity contribution is 5.47. The molecule has 0 heterocycles. The SMILES string of the molecule is CCCCCCCC(CCCCC)Nc1ccc(OC)cc1. The zero-order valence-electron chi connectivity index (χ0n) is 14.9. The first-order chi connectivity index (χ1) is 10.8. The molecule has 0 aromatic heterocycles. The molecule has 2 nitrogen and oxygen atoms in total. The standard InChI is InChI=1S/C20H35NO/c1-4-6-8-9-11-13-18(12-10-7-5-2)21-19-14-16-20(22-3)17-15-19/h14-18,21H,4-13H2,1-3H3. The molecule has 126 valence electrons. The molecule has 0 aliphatic rings. The molecule has 0 radical (unpaired) electrons. The van der Waals surface area contributed by atoms with Crippen LogP contribution in [0.15, 0.2) is 24.3 Å². The van der Waals surface area contributed by atoms with Gasteiger partial charge in [-0.3, -0.25) is 0 Å². The fourth-order valence-corrected chi connectivity index (χ4v) is 2.85. The Morgan fingerprint density at radius 3 is 1.95 bits per heavy atom. The van der Waals surface area contributed by atoms with Crippen LogP contribution in [0.5, 0.6) is 5.75 Å². The lowest BCUT2D eigenvalue weighted by molar-refractivity contribution is 0.415. The van der Waals surface area contributed by atoms with Gasteiger partial charge in [0.25, 0.3) is 0 Å². The first-order valence-electron chi connectivity index (χ1n) is 9.20. The third kappa shape index (κ3) is 8.31. The van der Waals surface area contributed by atoms with Gasteiger partial charge in [0.05, 0.1) is 7.11 Å². The molecule has 2 heteroatoms. The van der Waals surface area contributed by atoms with Crippen LogP contribution in [0.25, 0.3) is 0 Å². The summed E-state index contributed by atoms with van der Waals surface area (Å²) in [4.78, 5) is 0. The van der Waals surface area contributed by atoms with E-state index in [0.29, 0.717) is 6.04 Å². The van der Waals surface area contributed by atoms with Crippen LogP contribution in [0.4, 0.5) is 5.69 Å². The summed E-state index contributed by atoms with van der Waals surface area (Å²) < 4.78 is 5.23. The van der Waals surface area contributed by atoms with E-state index in [-0.39, 0.29) is 0 Å². The maximum atomic E-state index is 5.23. The van der Waals surface area contributed by atoms with E-state index in [1.165, 1.54) is 69.9 Å². The third-order valence-corrected chi connectivity index (χ3v) is 4.27. The van der Waals surface area contributed by atoms with E-state index < -0.39 is 0 Å². The highest BCUT2D eigenvalue weighted by atomic mass is 16.5. The molecule has 0 spiro atoms. The summed E-state index contributed by atoms with van der Waals surface area (Å²) in [6.45, 7) is 4.55. The Hall–Kier alpha value is -1.18. The molecule has 1 aromatic carbocycles. The topological polar surface area (TPSA) is 21.3 Å². The zero-order valence-corrected chi connectivity index (χ0v) is 14.9. The van der Waals surface area contributed by atoms with Crippen molar-refractivity contribution in [2.45, 2.75) is 84.1 Å². The predicted octanol–water partition coefficient (Wildman–Crippen LogP) is 6.42. The van der Waals surface area contributed by atoms with Gasteiger partial charge in [-0.15, -0.1) is 0 Å². The molecular weight excluding hydrogens is 270 g/mol. The number of methoxy groups -OCH3 is 1. The van der Waals surface area contributed by atoms with Crippen molar-refractivity contribution in [1.29, 1.82) is 0 Å². The van der Waals surface area contributed by atoms with Gasteiger partial charge in [0.1, 0.15) is 5.75 Å². The van der Waals surface area contributed by atoms with Crippen LogP contribution in [0, 0.1) is 0 Å². The highest BCUT2D eigenvalue weighted by Gasteiger charge is 2.08. The summed E-state index contributed by atoms with van der Waals surface area (Å²) in [6, 6.07) is 8.94. The molecule has 0 amide bonds. The molecule has 0 saturated carbocycles. The Labute approximate surface area is 137 Å². The lowest BCUT2D eigenvalue weighted by Crippen LogP contribution is -2.19. The minimum absolute atomic E-state index is 0.613. The molecule has 0 saturated heterocycles. The van der Waals surface area contributed by atoms with Crippen LogP contribution < -0.4 is 10.1 Å². The van der Waals surface area contributed by atoms with Crippen molar-refractivity contribution in [3.63, 3.8) is 0 Å². The molecule has 1 rings (SSSR count). The number of anilines is 1. The normalized spacial score (nSPS) is 12.1. The van der Waals surface area contributed by atoms with Crippen LogP contribution in [-0.2, 0) is 0 Å². The van der Waals surface area contributed by atoms with Crippen molar-refractivity contribution in [1.82, 2.24) is 0 Å². The third-order valence-electron chi connectivity index (χ3n) is 4.27. The fourth-order valence-electron chi connectivity index (χ4n) is 2.85. The molecule has 0 fully saturated rings. The van der Waals surface area contributed by atoms with Crippen LogP contribution in [-0.4, -0.2) is 13.2 Å². The minimum Gasteiger partial charge on any atom is -0.497 e. The first-order valence-corrected chi connectivity index (χ1v) is 9.20. The summed E-state index contributed by atoms with van der Waals surface area (Å²) in [7, 11) is 1.71. The van der Waals surface area contributed by atoms with E-state index in [2.05, 4.69) is 31.3 Å². The number of rotatable bonds is 13. The minimum atomic E-state index is 0.613. The predicted molar refractivity (Wildman–Crippen MR) is 97.9 cm³/mol. The number of unbranched alkanes of at least 4 members (excludes halogenated alkanes) is 6. The smallest absolute Gasteiger partial charge is 0.119 e. The summed E-state index contributed by atoms with van der Waals surface area (Å²) in [5, 5.41) is 3.72. The van der Waals surface area contributed by atoms with Gasteiger partial charge in [-0.25, -0.2) is 0 Å². The molecule has 1 aromatic rings. The van der Waals surface area contributed by atoms with E-state index in [1.54, 1.807) is 7.11 Å². The molecule has 1 unspecified atom stereocenters. The highest BCUT2D eigenvalue weighted by Crippen LogP contribution is 2.20. The zero-order chi connectivity index (χ0) is 16.0. The summed E-state index contributed by atoms with van der Waals surface area (Å²) in [5.41, 5.74) is 1.22. The first kappa shape index (κ1) is 18.9. The largest absolute Gasteiger partial charge is 0.497 e. The Morgan fingerprint density at radius 2 is 1.36 bits per heavy atom. The molecule has 0 aliphatic heterocycles. The fraction of sp³-hybridized carbons (Fsp3) is 0.700. The van der Waals surface area contributed by atoms with Crippen LogP contribution in [0.3, 0.4) is 0 Å². The monoisotopic (exact) mass is 305 g/mol. The van der Waals surface area contributed by atoms with Gasteiger partial charge in [-0.1, -0.05) is 65.2 Å². The lowest BCUT2D eigenvalue weighted by Gasteiger charge is -2.20. The van der Waals surface area contributed by atoms with Gasteiger partial charge in [0, 0.05) is 11.7 Å². The maximum Gasteiger partial charge on any atom is 0.119 e. The molecule has 1 atom stereocenters. The summed E-state index contributed by atoms with van der Waals surface area (Å²) in [6.07, 6.45) is 13.4. The summed E-state index contributed by atoms with van der Waals surface area (Å²) >= 11 is 0. The van der Waals surface area contributed by atoms with Crippen molar-refractivity contribution in [2.24, 2.45) is 0 Å². The van der Waals surface area contributed by atoms with Crippen molar-refractivity contribution in [3.05, 3.63) is 24.3 Å². The van der Waals surface area contributed by atoms with Crippen molar-refractivity contribution >= 4 is 5.69 Å². The second kappa shape index (κ2) is 12.4. The molecule has 0 aliphatic carbocycles. The molecular formula is C20H35NO. The average molecular weight is 306 g/mol. The Morgan fingerprint density at radius 1 is 0.818 bits per heavy atom. The van der Waals surface area contributed by atoms with E-state index in [4.69, 9.17) is 4.74 Å². The van der Waals surface area contributed by atoms with Gasteiger partial charge in [-0.2, -0.15) is 0 Å². The van der Waals surface area contributed by atoms with Crippen molar-refractivity contribution in [2.75, 3.05) is 12.4 Å². The second-order valence-electron chi connectivity index (χ2n) is 6.27. The van der Waals surface area contributed by atoms with Crippen LogP contribution >= 0.6 is 0 Å². The summed E-state index contributed by atoms with van der Waals surface area (Å²) in [5.74, 6) is 0.924. The van der Waals surface area contributed by atoms with E-state index >= 15 is 0 Å². The van der Waals surface area contributed by atoms with E-state index in [9.17, 15) is 0 Å². The number of hydrogen-bond donors (Lipinski definition) is 1. The number of ether oxygens (including phenoxy) is 1.